The topological polar surface area (TPSA) is 29.9 Å². The summed E-state index contributed by atoms with van der Waals surface area (Å²) in [6.45, 7) is 0. The zero-order valence-electron chi connectivity index (χ0n) is 6.04. The lowest BCUT2D eigenvalue weighted by molar-refractivity contribution is -0.375. The zero-order chi connectivity index (χ0) is 7.52. The summed E-state index contributed by atoms with van der Waals surface area (Å²) in [5.74, 6) is 0. The SMILES string of the molecule is c1ccc(-c2c[nH+]c[nH]2)cc1. The highest BCUT2D eigenvalue weighted by Crippen LogP contribution is 2.12. The molecule has 0 aliphatic rings. The van der Waals surface area contributed by atoms with Crippen LogP contribution in [0, 0.1) is 0 Å². The van der Waals surface area contributed by atoms with E-state index in [1.807, 2.05) is 30.7 Å². The first-order valence-corrected chi connectivity index (χ1v) is 3.57. The van der Waals surface area contributed by atoms with Gasteiger partial charge in [0.25, 0.3) is 0 Å². The van der Waals surface area contributed by atoms with Crippen LogP contribution in [-0.4, -0.2) is 4.98 Å². The number of aromatic amines is 2. The first kappa shape index (κ1) is 6.16. The monoisotopic (exact) mass is 145 g/mol. The molecule has 0 radical (unpaired) electrons. The maximum Gasteiger partial charge on any atom is 0.239 e. The molecule has 2 heteroatoms. The van der Waals surface area contributed by atoms with E-state index in [0.717, 1.165) is 5.69 Å². The van der Waals surface area contributed by atoms with Gasteiger partial charge in [0.15, 0.2) is 5.69 Å². The van der Waals surface area contributed by atoms with E-state index in [-0.39, 0.29) is 0 Å². The Hall–Kier alpha value is -1.57. The third-order valence-electron chi connectivity index (χ3n) is 1.62. The van der Waals surface area contributed by atoms with Gasteiger partial charge in [0.2, 0.25) is 6.33 Å². The second-order valence-electron chi connectivity index (χ2n) is 2.38. The van der Waals surface area contributed by atoms with Crippen LogP contribution in [-0.2, 0) is 0 Å². The molecule has 0 aliphatic carbocycles. The molecule has 11 heavy (non-hydrogen) atoms. The molecule has 1 aromatic heterocycles. The minimum absolute atomic E-state index is 1.12. The maximum atomic E-state index is 3.10. The van der Waals surface area contributed by atoms with Crippen LogP contribution in [0.4, 0.5) is 0 Å². The van der Waals surface area contributed by atoms with Gasteiger partial charge in [-0.3, -0.25) is 0 Å². The molecule has 1 heterocycles. The quantitative estimate of drug-likeness (QED) is 0.630. The molecule has 2 rings (SSSR count). The van der Waals surface area contributed by atoms with Gasteiger partial charge in [0.05, 0.1) is 0 Å². The minimum atomic E-state index is 1.12. The Morgan fingerprint density at radius 3 is 2.55 bits per heavy atom. The van der Waals surface area contributed by atoms with Crippen LogP contribution in [0.25, 0.3) is 11.3 Å². The van der Waals surface area contributed by atoms with E-state index in [1.54, 1.807) is 0 Å². The lowest BCUT2D eigenvalue weighted by Gasteiger charge is -1.89. The summed E-state index contributed by atoms with van der Waals surface area (Å²) >= 11 is 0. The Morgan fingerprint density at radius 2 is 1.91 bits per heavy atom. The molecule has 0 unspecified atom stereocenters. The lowest BCUT2D eigenvalue weighted by atomic mass is 10.2. The maximum absolute atomic E-state index is 3.10. The van der Waals surface area contributed by atoms with Crippen molar-refractivity contribution in [1.29, 1.82) is 0 Å². The number of hydrogen-bond acceptors (Lipinski definition) is 0. The van der Waals surface area contributed by atoms with Gasteiger partial charge in [-0.25, -0.2) is 9.97 Å². The molecular weight excluding hydrogens is 136 g/mol. The molecule has 2 aromatic rings. The summed E-state index contributed by atoms with van der Waals surface area (Å²) < 4.78 is 0. The third-order valence-corrected chi connectivity index (χ3v) is 1.62. The van der Waals surface area contributed by atoms with Gasteiger partial charge in [-0.2, -0.15) is 0 Å². The van der Waals surface area contributed by atoms with Crippen LogP contribution in [0.5, 0.6) is 0 Å². The smallest absolute Gasteiger partial charge is 0.239 e. The van der Waals surface area contributed by atoms with Crippen molar-refractivity contribution in [3.05, 3.63) is 42.9 Å². The second kappa shape index (κ2) is 2.58. The van der Waals surface area contributed by atoms with E-state index in [1.165, 1.54) is 5.56 Å². The Labute approximate surface area is 64.9 Å². The highest BCUT2D eigenvalue weighted by Gasteiger charge is 1.99. The number of benzene rings is 1. The van der Waals surface area contributed by atoms with Gasteiger partial charge in [0, 0.05) is 5.56 Å². The van der Waals surface area contributed by atoms with Crippen LogP contribution in [0.3, 0.4) is 0 Å². The highest BCUT2D eigenvalue weighted by molar-refractivity contribution is 5.56. The number of aromatic nitrogens is 2. The van der Waals surface area contributed by atoms with E-state index >= 15 is 0 Å². The van der Waals surface area contributed by atoms with E-state index in [4.69, 9.17) is 0 Å². The molecule has 54 valence electrons. The van der Waals surface area contributed by atoms with Crippen LogP contribution in [0.15, 0.2) is 42.9 Å². The Kier molecular flexibility index (Phi) is 1.44. The normalized spacial score (nSPS) is 9.82. The van der Waals surface area contributed by atoms with Gasteiger partial charge in [0.1, 0.15) is 6.20 Å². The number of rotatable bonds is 1. The molecule has 0 fully saturated rings. The molecule has 0 spiro atoms. The summed E-state index contributed by atoms with van der Waals surface area (Å²) in [5, 5.41) is 0. The van der Waals surface area contributed by atoms with Gasteiger partial charge < -0.3 is 0 Å². The van der Waals surface area contributed by atoms with Crippen molar-refractivity contribution < 1.29 is 4.98 Å². The average Bonchev–Trinajstić information content (AvgIpc) is 2.58. The van der Waals surface area contributed by atoms with E-state index in [2.05, 4.69) is 22.1 Å². The van der Waals surface area contributed by atoms with Crippen LogP contribution in [0.1, 0.15) is 0 Å². The molecule has 2 N–H and O–H groups in total. The van der Waals surface area contributed by atoms with Crippen molar-refractivity contribution in [2.45, 2.75) is 0 Å². The Bertz CT molecular complexity index is 311. The fourth-order valence-corrected chi connectivity index (χ4v) is 1.07. The Balaban J connectivity index is 2.46. The van der Waals surface area contributed by atoms with Gasteiger partial charge in [-0.15, -0.1) is 0 Å². The molecule has 0 bridgehead atoms. The van der Waals surface area contributed by atoms with Gasteiger partial charge >= 0.3 is 0 Å². The van der Waals surface area contributed by atoms with Gasteiger partial charge in [-0.05, 0) is 0 Å². The highest BCUT2D eigenvalue weighted by atomic mass is 14.9. The van der Waals surface area contributed by atoms with E-state index < -0.39 is 0 Å². The average molecular weight is 145 g/mol. The largest absolute Gasteiger partial charge is 0.250 e. The van der Waals surface area contributed by atoms with Crippen molar-refractivity contribution in [3.63, 3.8) is 0 Å². The van der Waals surface area contributed by atoms with Crippen molar-refractivity contribution in [2.75, 3.05) is 0 Å². The van der Waals surface area contributed by atoms with Crippen LogP contribution < -0.4 is 4.98 Å². The second-order valence-corrected chi connectivity index (χ2v) is 2.38. The fourth-order valence-electron chi connectivity index (χ4n) is 1.07. The van der Waals surface area contributed by atoms with Crippen molar-refractivity contribution in [1.82, 2.24) is 4.98 Å². The molecule has 0 saturated carbocycles. The predicted octanol–water partition coefficient (Wildman–Crippen LogP) is 1.50. The number of imidazole rings is 1. The Morgan fingerprint density at radius 1 is 1.09 bits per heavy atom. The third kappa shape index (κ3) is 1.15. The molecule has 0 atom stereocenters. The standard InChI is InChI=1S/C9H8N2/c1-2-4-8(5-3-1)9-6-10-7-11-9/h1-7H,(H,10,11)/p+1. The van der Waals surface area contributed by atoms with Crippen molar-refractivity contribution in [3.8, 4) is 11.3 Å². The molecule has 0 aliphatic heterocycles. The summed E-state index contributed by atoms with van der Waals surface area (Å²) in [6, 6.07) is 10.2. The van der Waals surface area contributed by atoms with Crippen LogP contribution in [0.2, 0.25) is 0 Å². The van der Waals surface area contributed by atoms with Crippen molar-refractivity contribution in [2.24, 2.45) is 0 Å². The molecule has 0 saturated heterocycles. The molecule has 2 nitrogen and oxygen atoms in total. The summed E-state index contributed by atoms with van der Waals surface area (Å²) in [6.07, 6.45) is 3.75. The molecular formula is C9H9N2+. The van der Waals surface area contributed by atoms with Crippen LogP contribution >= 0.6 is 0 Å². The molecule has 1 aromatic carbocycles. The van der Waals surface area contributed by atoms with Crippen molar-refractivity contribution >= 4 is 0 Å². The van der Waals surface area contributed by atoms with E-state index in [9.17, 15) is 0 Å². The van der Waals surface area contributed by atoms with Gasteiger partial charge in [-0.1, -0.05) is 30.3 Å². The summed E-state index contributed by atoms with van der Waals surface area (Å²) in [7, 11) is 0. The van der Waals surface area contributed by atoms with E-state index in [0.29, 0.717) is 0 Å². The number of nitrogens with one attached hydrogen (secondary N) is 2. The lowest BCUT2D eigenvalue weighted by Crippen LogP contribution is -1.88. The summed E-state index contributed by atoms with van der Waals surface area (Å²) in [4.78, 5) is 6.07. The first-order chi connectivity index (χ1) is 5.47. The first-order valence-electron chi connectivity index (χ1n) is 3.57. The zero-order valence-corrected chi connectivity index (χ0v) is 6.04. The summed E-state index contributed by atoms with van der Waals surface area (Å²) in [5.41, 5.74) is 2.32. The fraction of sp³-hybridized carbons (Fsp3) is 0. The number of hydrogen-bond donors (Lipinski definition) is 1. The predicted molar refractivity (Wildman–Crippen MR) is 42.8 cm³/mol. The molecule has 0 amide bonds. The minimum Gasteiger partial charge on any atom is -0.250 e. The number of H-pyrrole nitrogens is 2.